The molecule has 3 saturated heterocycles. The average molecular weight is 690 g/mol. The lowest BCUT2D eigenvalue weighted by atomic mass is 9.72. The summed E-state index contributed by atoms with van der Waals surface area (Å²) < 4.78 is 47.6. The summed E-state index contributed by atoms with van der Waals surface area (Å²) in [5.41, 5.74) is 10.2. The van der Waals surface area contributed by atoms with Gasteiger partial charge < -0.3 is 25.7 Å². The molecule has 9 nitrogen and oxygen atoms in total. The van der Waals surface area contributed by atoms with E-state index in [4.69, 9.17) is 25.8 Å². The maximum absolute atomic E-state index is 13.9. The monoisotopic (exact) mass is 689 g/mol. The molecule has 3 aromatic rings. The third-order valence-electron chi connectivity index (χ3n) is 11.4. The number of hydrogen-bond donors (Lipinski definition) is 2. The molecule has 2 aromatic carbocycles. The van der Waals surface area contributed by atoms with Gasteiger partial charge in [0, 0.05) is 85.1 Å². The highest BCUT2D eigenvalue weighted by Gasteiger charge is 2.47. The summed E-state index contributed by atoms with van der Waals surface area (Å²) in [6.07, 6.45) is 5.03. The smallest absolute Gasteiger partial charge is 0.422 e. The number of carbonyl (C=O) groups is 1. The molecule has 4 fully saturated rings. The number of nitrogens with two attached hydrogens (primary N) is 1. The Hall–Kier alpha value is -4.19. The van der Waals surface area contributed by atoms with Gasteiger partial charge in [0.05, 0.1) is 0 Å². The zero-order chi connectivity index (χ0) is 35.4. The van der Waals surface area contributed by atoms with Crippen molar-refractivity contribution in [1.29, 1.82) is 5.41 Å². The molecule has 1 aliphatic carbocycles. The number of nitrogens with zero attached hydrogens (tertiary/aromatic N) is 5. The number of nitrogens with one attached hydrogen (secondary N) is 1. The van der Waals surface area contributed by atoms with Gasteiger partial charge in [-0.3, -0.25) is 9.69 Å². The maximum Gasteiger partial charge on any atom is 0.422 e. The van der Waals surface area contributed by atoms with Gasteiger partial charge in [-0.1, -0.05) is 32.4 Å². The summed E-state index contributed by atoms with van der Waals surface area (Å²) in [4.78, 5) is 29.0. The van der Waals surface area contributed by atoms with Gasteiger partial charge in [0.2, 0.25) is 5.91 Å². The van der Waals surface area contributed by atoms with Crippen molar-refractivity contribution in [3.63, 3.8) is 0 Å². The number of benzene rings is 2. The van der Waals surface area contributed by atoms with E-state index in [9.17, 15) is 18.0 Å². The van der Waals surface area contributed by atoms with Crippen LogP contribution in [0.3, 0.4) is 0 Å². The number of ether oxygens (including phenoxy) is 1. The number of aryl methyl sites for hydroxylation is 2. The van der Waals surface area contributed by atoms with Crippen molar-refractivity contribution in [2.45, 2.75) is 76.9 Å². The molecular formula is C38H46F3N7O2. The van der Waals surface area contributed by atoms with E-state index in [1.54, 1.807) is 6.07 Å². The third-order valence-corrected chi connectivity index (χ3v) is 11.4. The second-order valence-corrected chi connectivity index (χ2v) is 14.7. The van der Waals surface area contributed by atoms with Gasteiger partial charge in [-0.2, -0.15) is 13.2 Å². The van der Waals surface area contributed by atoms with Crippen molar-refractivity contribution < 1.29 is 22.7 Å². The first-order valence-electron chi connectivity index (χ1n) is 17.8. The number of anilines is 2. The standard InChI is InChI=1S/C38H46F3N7O2/c1-4-24-16-27-33(34(50-22-38(39,40)41)32(24)31-23(3)10-11-29(43)28(31)17-42)44-35(25-18-47(19-25)26-8-6-7-9-26)45-36(27)46-14-12-37(13-15-46)20-48(21-37)30(49)5-2/h5,10-11,16-17,25-26,42H,2,4,6-9,12-15,18-22,43H2,1,3H3. The molecule has 0 bridgehead atoms. The molecule has 1 saturated carbocycles. The SMILES string of the molecule is C=CC(=O)N1CC2(CCN(c3nc(C4CN(C5CCCC5)C4)nc4c(OCC(F)(F)F)c(-c5c(C)ccc(N)c5C=N)c(CC)cc34)CC2)C1. The summed E-state index contributed by atoms with van der Waals surface area (Å²) in [7, 11) is 0. The van der Waals surface area contributed by atoms with E-state index >= 15 is 0 Å². The minimum absolute atomic E-state index is 0.0486. The van der Waals surface area contributed by atoms with Crippen molar-refractivity contribution in [3.8, 4) is 16.9 Å². The van der Waals surface area contributed by atoms with E-state index in [1.807, 2.05) is 30.9 Å². The average Bonchev–Trinajstić information content (AvgIpc) is 3.59. The number of amides is 1. The summed E-state index contributed by atoms with van der Waals surface area (Å²) in [6, 6.07) is 6.11. The van der Waals surface area contributed by atoms with E-state index in [0.717, 1.165) is 43.3 Å². The number of rotatable bonds is 9. The zero-order valence-corrected chi connectivity index (χ0v) is 28.9. The molecule has 0 atom stereocenters. The molecule has 50 heavy (non-hydrogen) atoms. The quantitative estimate of drug-likeness (QED) is 0.147. The fourth-order valence-corrected chi connectivity index (χ4v) is 8.60. The number of hydrogen-bond acceptors (Lipinski definition) is 8. The summed E-state index contributed by atoms with van der Waals surface area (Å²) in [5, 5.41) is 8.88. The molecule has 0 unspecified atom stereocenters. The van der Waals surface area contributed by atoms with Crippen LogP contribution < -0.4 is 15.4 Å². The number of alkyl halides is 3. The summed E-state index contributed by atoms with van der Waals surface area (Å²) in [5.74, 6) is 1.39. The zero-order valence-electron chi connectivity index (χ0n) is 28.9. The molecular weight excluding hydrogens is 643 g/mol. The van der Waals surface area contributed by atoms with E-state index in [2.05, 4.69) is 16.4 Å². The molecule has 3 aliphatic heterocycles. The van der Waals surface area contributed by atoms with Gasteiger partial charge in [-0.15, -0.1) is 0 Å². The minimum atomic E-state index is -4.58. The molecule has 0 radical (unpaired) electrons. The van der Waals surface area contributed by atoms with E-state index in [1.165, 1.54) is 31.8 Å². The largest absolute Gasteiger partial charge is 0.481 e. The van der Waals surface area contributed by atoms with Crippen LogP contribution in [0.5, 0.6) is 5.75 Å². The first-order valence-corrected chi connectivity index (χ1v) is 17.8. The van der Waals surface area contributed by atoms with Gasteiger partial charge in [-0.25, -0.2) is 9.97 Å². The Morgan fingerprint density at radius 3 is 2.46 bits per heavy atom. The number of halogens is 3. The molecule has 1 amide bonds. The van der Waals surface area contributed by atoms with Crippen LogP contribution in [0.2, 0.25) is 0 Å². The fourth-order valence-electron chi connectivity index (χ4n) is 8.60. The second kappa shape index (κ2) is 13.2. The van der Waals surface area contributed by atoms with Crippen molar-refractivity contribution in [2.75, 3.05) is 56.5 Å². The summed E-state index contributed by atoms with van der Waals surface area (Å²) >= 11 is 0. The van der Waals surface area contributed by atoms with Crippen LogP contribution in [0.4, 0.5) is 24.7 Å². The van der Waals surface area contributed by atoms with Crippen molar-refractivity contribution in [2.24, 2.45) is 5.41 Å². The predicted molar refractivity (Wildman–Crippen MR) is 190 cm³/mol. The number of carbonyl (C=O) groups excluding carboxylic acids is 1. The van der Waals surface area contributed by atoms with Gasteiger partial charge >= 0.3 is 6.18 Å². The normalized spacial score (nSPS) is 19.9. The lowest BCUT2D eigenvalue weighted by Gasteiger charge is -2.54. The van der Waals surface area contributed by atoms with Crippen molar-refractivity contribution in [3.05, 3.63) is 53.4 Å². The van der Waals surface area contributed by atoms with Crippen LogP contribution in [0.15, 0.2) is 30.9 Å². The number of aromatic nitrogens is 2. The minimum Gasteiger partial charge on any atom is -0.481 e. The Morgan fingerprint density at radius 2 is 1.84 bits per heavy atom. The highest BCUT2D eigenvalue weighted by atomic mass is 19.4. The first kappa shape index (κ1) is 34.3. The topological polar surface area (TPSA) is 112 Å². The van der Waals surface area contributed by atoms with Gasteiger partial charge in [0.15, 0.2) is 12.4 Å². The van der Waals surface area contributed by atoms with Crippen LogP contribution in [-0.4, -0.2) is 90.0 Å². The van der Waals surface area contributed by atoms with E-state index < -0.39 is 12.8 Å². The predicted octanol–water partition coefficient (Wildman–Crippen LogP) is 6.65. The first-order chi connectivity index (χ1) is 23.9. The molecule has 7 rings (SSSR count). The lowest BCUT2D eigenvalue weighted by molar-refractivity contribution is -0.153. The molecule has 1 spiro atoms. The molecule has 266 valence electrons. The van der Waals surface area contributed by atoms with Crippen molar-refractivity contribution >= 4 is 34.5 Å². The van der Waals surface area contributed by atoms with Gasteiger partial charge in [-0.05, 0) is 73.9 Å². The van der Waals surface area contributed by atoms with Crippen LogP contribution >= 0.6 is 0 Å². The van der Waals surface area contributed by atoms with Crippen molar-refractivity contribution in [1.82, 2.24) is 19.8 Å². The highest BCUT2D eigenvalue weighted by molar-refractivity contribution is 6.04. The number of nitrogen functional groups attached to an aromatic ring is 1. The Labute approximate surface area is 291 Å². The Balaban J connectivity index is 1.37. The third kappa shape index (κ3) is 6.20. The molecule has 3 N–H and O–H groups in total. The number of piperidine rings is 1. The van der Waals surface area contributed by atoms with Crippen LogP contribution in [0.1, 0.15) is 73.9 Å². The van der Waals surface area contributed by atoms with Crippen LogP contribution in [0.25, 0.3) is 22.0 Å². The van der Waals surface area contributed by atoms with Gasteiger partial charge in [0.25, 0.3) is 0 Å². The number of likely N-dealkylation sites (tertiary alicyclic amines) is 2. The second-order valence-electron chi connectivity index (χ2n) is 14.7. The van der Waals surface area contributed by atoms with Gasteiger partial charge in [0.1, 0.15) is 17.2 Å². The molecule has 4 aliphatic rings. The fraction of sp³-hybridized carbons (Fsp3) is 0.526. The Bertz CT molecular complexity index is 1820. The van der Waals surface area contributed by atoms with E-state index in [-0.39, 0.29) is 23.0 Å². The summed E-state index contributed by atoms with van der Waals surface area (Å²) in [6.45, 7) is 10.4. The molecule has 1 aromatic heterocycles. The molecule has 12 heteroatoms. The lowest BCUT2D eigenvalue weighted by Crippen LogP contribution is -2.61. The molecule has 4 heterocycles. The maximum atomic E-state index is 13.9. The number of fused-ring (bicyclic) bond motifs is 1. The van der Waals surface area contributed by atoms with E-state index in [0.29, 0.717) is 83.6 Å². The van der Waals surface area contributed by atoms with Crippen LogP contribution in [0, 0.1) is 17.7 Å². The Kier molecular flexibility index (Phi) is 9.03. The Morgan fingerprint density at radius 1 is 1.14 bits per heavy atom. The van der Waals surface area contributed by atoms with Crippen LogP contribution in [-0.2, 0) is 11.2 Å². The highest BCUT2D eigenvalue weighted by Crippen LogP contribution is 2.48.